The maximum Gasteiger partial charge on any atom is 0.242 e. The summed E-state index contributed by atoms with van der Waals surface area (Å²) >= 11 is 18.6. The lowest BCUT2D eigenvalue weighted by Crippen LogP contribution is -2.48. The highest BCUT2D eigenvalue weighted by Gasteiger charge is 2.29. The predicted octanol–water partition coefficient (Wildman–Crippen LogP) is 4.74. The van der Waals surface area contributed by atoms with Gasteiger partial charge < -0.3 is 10.2 Å². The summed E-state index contributed by atoms with van der Waals surface area (Å²) in [6.45, 7) is 2.00. The zero-order valence-corrected chi connectivity index (χ0v) is 17.4. The van der Waals surface area contributed by atoms with Crippen molar-refractivity contribution in [2.75, 3.05) is 7.05 Å². The van der Waals surface area contributed by atoms with Gasteiger partial charge in [-0.3, -0.25) is 9.59 Å². The molecule has 0 aliphatic rings. The van der Waals surface area contributed by atoms with Crippen LogP contribution in [0.25, 0.3) is 0 Å². The number of rotatable bonds is 7. The smallest absolute Gasteiger partial charge is 0.242 e. The molecule has 0 saturated carbocycles. The first-order valence-corrected chi connectivity index (χ1v) is 9.69. The molecule has 0 aromatic heterocycles. The van der Waals surface area contributed by atoms with Gasteiger partial charge in [-0.15, -0.1) is 0 Å². The molecule has 0 radical (unpaired) electrons. The SMILES string of the molecule is CC[C@H](C(=O)NC)N(Cc1c(Cl)cccc1Cl)C(=O)Cc1cccc(Cl)c1. The standard InChI is InChI=1S/C20H21Cl3N2O2/c1-3-18(20(27)24-2)25(12-15-16(22)8-5-9-17(15)23)19(26)11-13-6-4-7-14(21)10-13/h4-10,18H,3,11-12H2,1-2H3,(H,24,27)/t18-/m1/s1. The topological polar surface area (TPSA) is 49.4 Å². The van der Waals surface area contributed by atoms with Crippen molar-refractivity contribution < 1.29 is 9.59 Å². The van der Waals surface area contributed by atoms with E-state index in [-0.39, 0.29) is 24.8 Å². The van der Waals surface area contributed by atoms with Crippen LogP contribution in [0.1, 0.15) is 24.5 Å². The fourth-order valence-corrected chi connectivity index (χ4v) is 3.59. The molecule has 0 spiro atoms. The van der Waals surface area contributed by atoms with E-state index in [2.05, 4.69) is 5.32 Å². The number of nitrogens with one attached hydrogen (secondary N) is 1. The second-order valence-electron chi connectivity index (χ2n) is 6.07. The van der Waals surface area contributed by atoms with E-state index in [1.165, 1.54) is 4.90 Å². The average molecular weight is 428 g/mol. The minimum absolute atomic E-state index is 0.121. The zero-order chi connectivity index (χ0) is 20.0. The van der Waals surface area contributed by atoms with Gasteiger partial charge in [0.2, 0.25) is 11.8 Å². The van der Waals surface area contributed by atoms with Crippen LogP contribution in [0.4, 0.5) is 0 Å². The molecular weight excluding hydrogens is 407 g/mol. The second kappa shape index (κ2) is 9.98. The Hall–Kier alpha value is -1.75. The van der Waals surface area contributed by atoms with E-state index in [0.717, 1.165) is 5.56 Å². The van der Waals surface area contributed by atoms with Crippen molar-refractivity contribution in [2.24, 2.45) is 0 Å². The van der Waals surface area contributed by atoms with Gasteiger partial charge in [-0.2, -0.15) is 0 Å². The third kappa shape index (κ3) is 5.61. The fourth-order valence-electron chi connectivity index (χ4n) is 2.86. The van der Waals surface area contributed by atoms with Crippen molar-refractivity contribution in [2.45, 2.75) is 32.4 Å². The van der Waals surface area contributed by atoms with E-state index in [0.29, 0.717) is 27.1 Å². The number of benzene rings is 2. The number of hydrogen-bond acceptors (Lipinski definition) is 2. The molecule has 4 nitrogen and oxygen atoms in total. The molecule has 2 aromatic rings. The van der Waals surface area contributed by atoms with Gasteiger partial charge in [0.05, 0.1) is 6.42 Å². The minimum atomic E-state index is -0.631. The van der Waals surface area contributed by atoms with Crippen molar-refractivity contribution in [3.05, 3.63) is 68.7 Å². The van der Waals surface area contributed by atoms with Crippen molar-refractivity contribution in [3.63, 3.8) is 0 Å². The maximum absolute atomic E-state index is 13.1. The number of hydrogen-bond donors (Lipinski definition) is 1. The highest BCUT2D eigenvalue weighted by molar-refractivity contribution is 6.36. The molecule has 2 amide bonds. The Morgan fingerprint density at radius 3 is 2.26 bits per heavy atom. The van der Waals surface area contributed by atoms with Gasteiger partial charge >= 0.3 is 0 Å². The Bertz CT molecular complexity index is 806. The third-order valence-corrected chi connectivity index (χ3v) is 5.21. The lowest BCUT2D eigenvalue weighted by atomic mass is 10.1. The van der Waals surface area contributed by atoms with Crippen LogP contribution in [0, 0.1) is 0 Å². The first kappa shape index (κ1) is 21.5. The summed E-state index contributed by atoms with van der Waals surface area (Å²) in [5.41, 5.74) is 1.39. The molecule has 0 bridgehead atoms. The summed E-state index contributed by atoms with van der Waals surface area (Å²) < 4.78 is 0. The molecule has 1 atom stereocenters. The molecular formula is C20H21Cl3N2O2. The van der Waals surface area contributed by atoms with E-state index in [4.69, 9.17) is 34.8 Å². The number of carbonyl (C=O) groups excluding carboxylic acids is 2. The van der Waals surface area contributed by atoms with Crippen LogP contribution >= 0.6 is 34.8 Å². The van der Waals surface area contributed by atoms with E-state index in [9.17, 15) is 9.59 Å². The predicted molar refractivity (Wildman–Crippen MR) is 110 cm³/mol. The lowest BCUT2D eigenvalue weighted by molar-refractivity contribution is -0.140. The second-order valence-corrected chi connectivity index (χ2v) is 7.32. The fraction of sp³-hybridized carbons (Fsp3) is 0.300. The number of likely N-dealkylation sites (N-methyl/N-ethyl adjacent to an activating group) is 1. The largest absolute Gasteiger partial charge is 0.357 e. The first-order valence-electron chi connectivity index (χ1n) is 8.55. The van der Waals surface area contributed by atoms with Crippen LogP contribution in [-0.4, -0.2) is 29.8 Å². The van der Waals surface area contributed by atoms with Gasteiger partial charge in [0, 0.05) is 34.2 Å². The molecule has 0 aliphatic carbocycles. The number of carbonyl (C=O) groups is 2. The number of nitrogens with zero attached hydrogens (tertiary/aromatic N) is 1. The van der Waals surface area contributed by atoms with Gasteiger partial charge in [0.15, 0.2) is 0 Å². The molecule has 2 rings (SSSR count). The van der Waals surface area contributed by atoms with Crippen LogP contribution in [0.5, 0.6) is 0 Å². The Balaban J connectivity index is 2.36. The molecule has 7 heteroatoms. The number of amides is 2. The van der Waals surface area contributed by atoms with E-state index in [1.54, 1.807) is 43.4 Å². The normalized spacial score (nSPS) is 11.7. The number of halogens is 3. The van der Waals surface area contributed by atoms with Crippen molar-refractivity contribution in [1.82, 2.24) is 10.2 Å². The zero-order valence-electron chi connectivity index (χ0n) is 15.1. The Labute approximate surface area is 174 Å². The third-order valence-electron chi connectivity index (χ3n) is 4.27. The summed E-state index contributed by atoms with van der Waals surface area (Å²) in [6, 6.07) is 11.6. The van der Waals surface area contributed by atoms with Gasteiger partial charge in [-0.1, -0.05) is 59.9 Å². The molecule has 0 aliphatic heterocycles. The Kier molecular flexibility index (Phi) is 7.96. The summed E-state index contributed by atoms with van der Waals surface area (Å²) in [4.78, 5) is 27.0. The van der Waals surface area contributed by atoms with Crippen molar-refractivity contribution >= 4 is 46.6 Å². The molecule has 144 valence electrons. The lowest BCUT2D eigenvalue weighted by Gasteiger charge is -2.31. The molecule has 0 saturated heterocycles. The summed E-state index contributed by atoms with van der Waals surface area (Å²) in [6.07, 6.45) is 0.582. The van der Waals surface area contributed by atoms with Crippen LogP contribution < -0.4 is 5.32 Å². The van der Waals surface area contributed by atoms with Crippen molar-refractivity contribution in [3.8, 4) is 0 Å². The summed E-state index contributed by atoms with van der Waals surface area (Å²) in [7, 11) is 1.55. The highest BCUT2D eigenvalue weighted by atomic mass is 35.5. The highest BCUT2D eigenvalue weighted by Crippen LogP contribution is 2.27. The van der Waals surface area contributed by atoms with E-state index in [1.807, 2.05) is 13.0 Å². The van der Waals surface area contributed by atoms with Gasteiger partial charge in [-0.05, 0) is 36.2 Å². The van der Waals surface area contributed by atoms with E-state index < -0.39 is 6.04 Å². The summed E-state index contributed by atoms with van der Waals surface area (Å²) in [5.74, 6) is -0.441. The Morgan fingerprint density at radius 2 is 1.70 bits per heavy atom. The monoisotopic (exact) mass is 426 g/mol. The van der Waals surface area contributed by atoms with Crippen molar-refractivity contribution in [1.29, 1.82) is 0 Å². The minimum Gasteiger partial charge on any atom is -0.357 e. The summed E-state index contributed by atoms with van der Waals surface area (Å²) in [5, 5.41) is 4.08. The van der Waals surface area contributed by atoms with Crippen LogP contribution in [0.2, 0.25) is 15.1 Å². The van der Waals surface area contributed by atoms with Crippen LogP contribution in [0.15, 0.2) is 42.5 Å². The molecule has 27 heavy (non-hydrogen) atoms. The van der Waals surface area contributed by atoms with Crippen LogP contribution in [0.3, 0.4) is 0 Å². The molecule has 0 fully saturated rings. The van der Waals surface area contributed by atoms with E-state index >= 15 is 0 Å². The first-order chi connectivity index (χ1) is 12.9. The van der Waals surface area contributed by atoms with Gasteiger partial charge in [0.25, 0.3) is 0 Å². The quantitative estimate of drug-likeness (QED) is 0.693. The van der Waals surface area contributed by atoms with Gasteiger partial charge in [0.1, 0.15) is 6.04 Å². The average Bonchev–Trinajstić information content (AvgIpc) is 2.63. The van der Waals surface area contributed by atoms with Gasteiger partial charge in [-0.25, -0.2) is 0 Å². The molecule has 2 aromatic carbocycles. The molecule has 0 unspecified atom stereocenters. The Morgan fingerprint density at radius 1 is 1.07 bits per heavy atom. The van der Waals surface area contributed by atoms with Crippen LogP contribution in [-0.2, 0) is 22.6 Å². The molecule has 0 heterocycles. The maximum atomic E-state index is 13.1. The molecule has 1 N–H and O–H groups in total.